The number of benzene rings is 3. The number of carbonyl (C=O) groups excluding carboxylic acids is 1. The zero-order chi connectivity index (χ0) is 23.7. The maximum absolute atomic E-state index is 13.3. The van der Waals surface area contributed by atoms with Crippen molar-refractivity contribution in [2.75, 3.05) is 25.2 Å². The van der Waals surface area contributed by atoms with Gasteiger partial charge < -0.3 is 14.8 Å². The Morgan fingerprint density at radius 3 is 2.38 bits per heavy atom. The zero-order valence-electron chi connectivity index (χ0n) is 19.4. The highest BCUT2D eigenvalue weighted by molar-refractivity contribution is 7.82. The molecule has 1 atom stereocenters. The van der Waals surface area contributed by atoms with Crippen molar-refractivity contribution in [2.45, 2.75) is 37.0 Å². The smallest absolute Gasteiger partial charge is 0.235 e. The molecular formula is C27H28N2O4S. The third kappa shape index (κ3) is 4.21. The van der Waals surface area contributed by atoms with Crippen LogP contribution in [0.1, 0.15) is 32.3 Å². The summed E-state index contributed by atoms with van der Waals surface area (Å²) in [4.78, 5) is 14.1. The van der Waals surface area contributed by atoms with Crippen LogP contribution in [0.2, 0.25) is 0 Å². The summed E-state index contributed by atoms with van der Waals surface area (Å²) in [7, 11) is -1.16. The Morgan fingerprint density at radius 1 is 0.941 bits per heavy atom. The summed E-state index contributed by atoms with van der Waals surface area (Å²) in [6.07, 6.45) is 1.62. The Kier molecular flexibility index (Phi) is 6.15. The van der Waals surface area contributed by atoms with Crippen molar-refractivity contribution in [1.82, 2.24) is 4.31 Å². The standard InChI is InChI=1S/C27H28N2O4S/c1-3-29(4-2)34(31)23-11-8-19(9-12-23)20-6-5-7-22(16-20)28-26(30)27(14-15-27)21-10-13-24-25(17-21)33-18-32-24/h5-13,16-17H,3-4,14-15,18H2,1-2H3,(H,28,30). The van der Waals surface area contributed by atoms with Crippen LogP contribution in [-0.2, 0) is 21.2 Å². The summed E-state index contributed by atoms with van der Waals surface area (Å²) >= 11 is 0. The average Bonchev–Trinajstić information content (AvgIpc) is 3.56. The van der Waals surface area contributed by atoms with E-state index in [1.807, 2.05) is 84.9 Å². The second-order valence-corrected chi connectivity index (χ2v) is 10.1. The van der Waals surface area contributed by atoms with E-state index in [0.29, 0.717) is 5.75 Å². The number of carbonyl (C=O) groups is 1. The predicted molar refractivity (Wildman–Crippen MR) is 133 cm³/mol. The van der Waals surface area contributed by atoms with Gasteiger partial charge >= 0.3 is 0 Å². The molecule has 176 valence electrons. The van der Waals surface area contributed by atoms with E-state index in [1.165, 1.54) is 0 Å². The summed E-state index contributed by atoms with van der Waals surface area (Å²) in [6, 6.07) is 21.4. The van der Waals surface area contributed by atoms with E-state index in [-0.39, 0.29) is 12.7 Å². The van der Waals surface area contributed by atoms with E-state index < -0.39 is 16.4 Å². The Balaban J connectivity index is 1.32. The highest BCUT2D eigenvalue weighted by atomic mass is 32.2. The molecule has 1 saturated carbocycles. The normalized spacial score (nSPS) is 16.3. The first-order valence-corrected chi connectivity index (χ1v) is 12.7. The van der Waals surface area contributed by atoms with Gasteiger partial charge in [-0.1, -0.05) is 44.2 Å². The van der Waals surface area contributed by atoms with E-state index in [4.69, 9.17) is 9.47 Å². The Labute approximate surface area is 202 Å². The SMILES string of the molecule is CCN(CC)S(=O)c1ccc(-c2cccc(NC(=O)C3(c4ccc5c(c4)OCO5)CC3)c2)cc1. The molecule has 1 unspecified atom stereocenters. The molecule has 1 N–H and O–H groups in total. The molecule has 2 aliphatic rings. The Morgan fingerprint density at radius 2 is 1.68 bits per heavy atom. The molecule has 7 heteroatoms. The van der Waals surface area contributed by atoms with Crippen molar-refractivity contribution in [3.63, 3.8) is 0 Å². The molecule has 1 aliphatic heterocycles. The second-order valence-electron chi connectivity index (χ2n) is 8.57. The van der Waals surface area contributed by atoms with Crippen molar-refractivity contribution in [2.24, 2.45) is 0 Å². The van der Waals surface area contributed by atoms with Gasteiger partial charge in [-0.2, -0.15) is 0 Å². The molecule has 1 heterocycles. The molecule has 0 spiro atoms. The van der Waals surface area contributed by atoms with Crippen LogP contribution in [0.5, 0.6) is 11.5 Å². The minimum absolute atomic E-state index is 0.00603. The van der Waals surface area contributed by atoms with Gasteiger partial charge in [-0.05, 0) is 65.9 Å². The molecule has 0 radical (unpaired) electrons. The summed E-state index contributed by atoms with van der Waals surface area (Å²) < 4.78 is 25.5. The van der Waals surface area contributed by atoms with E-state index in [0.717, 1.165) is 59.0 Å². The van der Waals surface area contributed by atoms with E-state index in [2.05, 4.69) is 5.32 Å². The van der Waals surface area contributed by atoms with Crippen molar-refractivity contribution in [3.05, 3.63) is 72.3 Å². The third-order valence-electron chi connectivity index (χ3n) is 6.56. The van der Waals surface area contributed by atoms with E-state index in [1.54, 1.807) is 0 Å². The van der Waals surface area contributed by atoms with E-state index in [9.17, 15) is 9.00 Å². The fourth-order valence-corrected chi connectivity index (χ4v) is 5.50. The van der Waals surface area contributed by atoms with Crippen LogP contribution in [-0.4, -0.2) is 34.3 Å². The maximum Gasteiger partial charge on any atom is 0.235 e. The van der Waals surface area contributed by atoms with Gasteiger partial charge in [0.05, 0.1) is 10.3 Å². The summed E-state index contributed by atoms with van der Waals surface area (Å²) in [5, 5.41) is 3.11. The predicted octanol–water partition coefficient (Wildman–Crippen LogP) is 5.12. The van der Waals surface area contributed by atoms with Crippen LogP contribution in [0.4, 0.5) is 5.69 Å². The van der Waals surface area contributed by atoms with Crippen molar-refractivity contribution >= 4 is 22.6 Å². The number of rotatable bonds is 8. The first-order chi connectivity index (χ1) is 16.5. The number of ether oxygens (including phenoxy) is 2. The minimum atomic E-state index is -1.16. The van der Waals surface area contributed by atoms with Gasteiger partial charge in [0.15, 0.2) is 11.5 Å². The number of anilines is 1. The molecule has 1 fully saturated rings. The number of nitrogens with one attached hydrogen (secondary N) is 1. The fraction of sp³-hybridized carbons (Fsp3) is 0.296. The lowest BCUT2D eigenvalue weighted by Gasteiger charge is -2.17. The minimum Gasteiger partial charge on any atom is -0.454 e. The van der Waals surface area contributed by atoms with Crippen molar-refractivity contribution in [1.29, 1.82) is 0 Å². The molecule has 3 aromatic rings. The van der Waals surface area contributed by atoms with Crippen LogP contribution in [0.25, 0.3) is 11.1 Å². The van der Waals surface area contributed by atoms with Gasteiger partial charge in [-0.3, -0.25) is 4.79 Å². The lowest BCUT2D eigenvalue weighted by Crippen LogP contribution is -2.27. The van der Waals surface area contributed by atoms with E-state index >= 15 is 0 Å². The third-order valence-corrected chi connectivity index (χ3v) is 8.22. The Bertz CT molecular complexity index is 1230. The molecule has 5 rings (SSSR count). The quantitative estimate of drug-likeness (QED) is 0.490. The van der Waals surface area contributed by atoms with Gasteiger partial charge in [0, 0.05) is 18.8 Å². The van der Waals surface area contributed by atoms with Crippen LogP contribution in [0, 0.1) is 0 Å². The van der Waals surface area contributed by atoms with Crippen molar-refractivity contribution in [3.8, 4) is 22.6 Å². The van der Waals surface area contributed by atoms with Gasteiger partial charge in [0.2, 0.25) is 12.7 Å². The molecule has 1 amide bonds. The van der Waals surface area contributed by atoms with Crippen LogP contribution in [0.15, 0.2) is 71.6 Å². The number of fused-ring (bicyclic) bond motifs is 1. The number of hydrogen-bond acceptors (Lipinski definition) is 4. The lowest BCUT2D eigenvalue weighted by atomic mass is 9.94. The maximum atomic E-state index is 13.3. The average molecular weight is 477 g/mol. The first kappa shape index (κ1) is 22.6. The molecule has 0 saturated heterocycles. The van der Waals surface area contributed by atoms with Gasteiger partial charge in [-0.15, -0.1) is 0 Å². The highest BCUT2D eigenvalue weighted by Gasteiger charge is 2.51. The topological polar surface area (TPSA) is 67.9 Å². The second kappa shape index (κ2) is 9.24. The molecular weight excluding hydrogens is 448 g/mol. The van der Waals surface area contributed by atoms with Gasteiger partial charge in [0.1, 0.15) is 11.0 Å². The summed E-state index contributed by atoms with van der Waals surface area (Å²) in [6.45, 7) is 5.71. The molecule has 34 heavy (non-hydrogen) atoms. The number of nitrogens with zero attached hydrogens (tertiary/aromatic N) is 1. The highest BCUT2D eigenvalue weighted by Crippen LogP contribution is 2.51. The van der Waals surface area contributed by atoms with Crippen LogP contribution < -0.4 is 14.8 Å². The summed E-state index contributed by atoms with van der Waals surface area (Å²) in [5.41, 5.74) is 3.19. The molecule has 0 aromatic heterocycles. The zero-order valence-corrected chi connectivity index (χ0v) is 20.2. The summed E-state index contributed by atoms with van der Waals surface area (Å²) in [5.74, 6) is 1.41. The molecule has 3 aromatic carbocycles. The largest absolute Gasteiger partial charge is 0.454 e. The first-order valence-electron chi connectivity index (χ1n) is 11.6. The van der Waals surface area contributed by atoms with Gasteiger partial charge in [0.25, 0.3) is 0 Å². The number of hydrogen-bond donors (Lipinski definition) is 1. The Hall–Kier alpha value is -3.16. The van der Waals surface area contributed by atoms with Crippen LogP contribution >= 0.6 is 0 Å². The molecule has 1 aliphatic carbocycles. The number of amides is 1. The van der Waals surface area contributed by atoms with Crippen LogP contribution in [0.3, 0.4) is 0 Å². The lowest BCUT2D eigenvalue weighted by molar-refractivity contribution is -0.118. The van der Waals surface area contributed by atoms with Gasteiger partial charge in [-0.25, -0.2) is 8.51 Å². The molecule has 0 bridgehead atoms. The van der Waals surface area contributed by atoms with Crippen molar-refractivity contribution < 1.29 is 18.5 Å². The molecule has 6 nitrogen and oxygen atoms in total. The monoisotopic (exact) mass is 476 g/mol. The fourth-order valence-electron chi connectivity index (χ4n) is 4.36.